The first-order valence-electron chi connectivity index (χ1n) is 17.4. The Morgan fingerprint density at radius 2 is 0.574 bits per heavy atom. The van der Waals surface area contributed by atoms with E-state index in [-0.39, 0.29) is 22.3 Å². The molecule has 5 aromatic carbocycles. The number of pyridine rings is 2. The summed E-state index contributed by atoms with van der Waals surface area (Å²) in [6.07, 6.45) is 0. The summed E-state index contributed by atoms with van der Waals surface area (Å²) < 4.78 is 0. The van der Waals surface area contributed by atoms with Crippen LogP contribution in [0.1, 0.15) is 44.5 Å². The van der Waals surface area contributed by atoms with Crippen LogP contribution in [-0.4, -0.2) is 9.97 Å². The summed E-state index contributed by atoms with van der Waals surface area (Å²) >= 11 is 0. The molecular weight excluding hydrogens is 661 g/mol. The zero-order valence-electron chi connectivity index (χ0n) is 30.2. The zero-order chi connectivity index (χ0) is 37.9. The maximum absolute atomic E-state index is 10.8. The van der Waals surface area contributed by atoms with E-state index in [2.05, 4.69) is 24.3 Å². The number of hydrogen-bond donors (Lipinski definition) is 0. The Hall–Kier alpha value is -7.64. The number of benzene rings is 5. The first-order valence-corrected chi connectivity index (χ1v) is 17.4. The van der Waals surface area contributed by atoms with Crippen molar-refractivity contribution >= 4 is 0 Å². The minimum atomic E-state index is 0.250. The normalized spacial score (nSPS) is 10.5. The van der Waals surface area contributed by atoms with Crippen molar-refractivity contribution in [1.82, 2.24) is 9.97 Å². The Labute approximate surface area is 315 Å². The average Bonchev–Trinajstić information content (AvgIpc) is 3.20. The third kappa shape index (κ3) is 6.38. The fraction of sp³-hybridized carbons (Fsp3) is 0.0833. The molecule has 0 bridgehead atoms. The van der Waals surface area contributed by atoms with Gasteiger partial charge >= 0.3 is 0 Å². The van der Waals surface area contributed by atoms with Crippen LogP contribution < -0.4 is 0 Å². The number of aromatic nitrogens is 2. The molecule has 0 fully saturated rings. The Morgan fingerprint density at radius 3 is 0.796 bits per heavy atom. The number of nitriles is 4. The van der Waals surface area contributed by atoms with Gasteiger partial charge in [-0.3, -0.25) is 0 Å². The predicted octanol–water partition coefficient (Wildman–Crippen LogP) is 11.2. The van der Waals surface area contributed by atoms with Crippen molar-refractivity contribution in [1.29, 1.82) is 21.0 Å². The van der Waals surface area contributed by atoms with Gasteiger partial charge in [-0.15, -0.1) is 0 Å². The van der Waals surface area contributed by atoms with E-state index in [0.717, 1.165) is 44.5 Å². The van der Waals surface area contributed by atoms with Crippen molar-refractivity contribution in [2.45, 2.75) is 27.7 Å². The third-order valence-corrected chi connectivity index (χ3v) is 9.58. The molecule has 7 aromatic rings. The molecule has 0 saturated heterocycles. The van der Waals surface area contributed by atoms with Gasteiger partial charge in [0.2, 0.25) is 0 Å². The molecule has 0 atom stereocenters. The van der Waals surface area contributed by atoms with E-state index in [1.807, 2.05) is 149 Å². The van der Waals surface area contributed by atoms with Crippen molar-refractivity contribution in [2.75, 3.05) is 0 Å². The Balaban J connectivity index is 1.56. The SMILES string of the molecule is Cc1ccc(-c2nc(-c3ccc(C)cc3)c(C#N)c(-c3cccc(-c4c(C#N)c(-c5ccc(C)cc5)nc(-c5ccc(C)cc5)c4C#N)c3)c2C#N)cc1. The van der Waals surface area contributed by atoms with Crippen LogP contribution in [0.4, 0.5) is 0 Å². The van der Waals surface area contributed by atoms with Gasteiger partial charge in [-0.1, -0.05) is 138 Å². The predicted molar refractivity (Wildman–Crippen MR) is 212 cm³/mol. The van der Waals surface area contributed by atoms with E-state index < -0.39 is 0 Å². The van der Waals surface area contributed by atoms with Gasteiger partial charge in [-0.2, -0.15) is 21.0 Å². The van der Waals surface area contributed by atoms with Gasteiger partial charge in [0.25, 0.3) is 0 Å². The van der Waals surface area contributed by atoms with Crippen LogP contribution >= 0.6 is 0 Å². The van der Waals surface area contributed by atoms with Gasteiger partial charge in [-0.05, 0) is 44.9 Å². The fourth-order valence-electron chi connectivity index (χ4n) is 6.70. The summed E-state index contributed by atoms with van der Waals surface area (Å²) in [6.45, 7) is 7.98. The molecule has 0 saturated carbocycles. The van der Waals surface area contributed by atoms with Crippen LogP contribution in [0.15, 0.2) is 121 Å². The van der Waals surface area contributed by atoms with Crippen LogP contribution in [0.2, 0.25) is 0 Å². The largest absolute Gasteiger partial charge is 0.245 e. The molecule has 6 nitrogen and oxygen atoms in total. The number of aryl methyl sites for hydroxylation is 4. The second-order valence-corrected chi connectivity index (χ2v) is 13.4. The highest BCUT2D eigenvalue weighted by molar-refractivity contribution is 5.94. The number of hydrogen-bond acceptors (Lipinski definition) is 6. The monoisotopic (exact) mass is 692 g/mol. The Kier molecular flexibility index (Phi) is 9.37. The molecule has 0 radical (unpaired) electrons. The number of rotatable bonds is 6. The molecule has 2 heterocycles. The summed E-state index contributed by atoms with van der Waals surface area (Å²) in [4.78, 5) is 10.00. The number of nitrogens with zero attached hydrogens (tertiary/aromatic N) is 6. The topological polar surface area (TPSA) is 121 Å². The Bertz CT molecular complexity index is 2400. The summed E-state index contributed by atoms with van der Waals surface area (Å²) in [5, 5.41) is 43.3. The van der Waals surface area contributed by atoms with E-state index >= 15 is 0 Å². The average molecular weight is 693 g/mol. The van der Waals surface area contributed by atoms with Crippen molar-refractivity contribution in [3.8, 4) is 91.6 Å². The van der Waals surface area contributed by atoms with Crippen LogP contribution in [0, 0.1) is 73.0 Å². The summed E-state index contributed by atoms with van der Waals surface area (Å²) in [7, 11) is 0. The van der Waals surface area contributed by atoms with Gasteiger partial charge in [0.15, 0.2) is 0 Å². The molecule has 0 spiro atoms. The first-order chi connectivity index (χ1) is 26.2. The molecule has 54 heavy (non-hydrogen) atoms. The smallest absolute Gasteiger partial charge is 0.102 e. The van der Waals surface area contributed by atoms with Gasteiger partial charge in [0, 0.05) is 33.4 Å². The van der Waals surface area contributed by atoms with Crippen LogP contribution in [0.5, 0.6) is 0 Å². The maximum atomic E-state index is 10.8. The maximum Gasteiger partial charge on any atom is 0.102 e. The second-order valence-electron chi connectivity index (χ2n) is 13.4. The van der Waals surface area contributed by atoms with Crippen molar-refractivity contribution < 1.29 is 0 Å². The highest BCUT2D eigenvalue weighted by atomic mass is 14.7. The van der Waals surface area contributed by atoms with Gasteiger partial charge < -0.3 is 0 Å². The first kappa shape index (κ1) is 34.8. The molecule has 6 heteroatoms. The van der Waals surface area contributed by atoms with E-state index in [9.17, 15) is 21.0 Å². The fourth-order valence-corrected chi connectivity index (χ4v) is 6.70. The standard InChI is InChI=1S/C48H32N6/c1-29-8-16-33(17-9-29)45-39(25-49)43(40(26-50)46(53-45)34-18-10-30(2)11-19-34)37-6-5-7-38(24-37)44-41(27-51)47(35-20-12-31(3)13-21-35)54-48(42(44)28-52)36-22-14-32(4)15-23-36/h5-24H,1-4H3. The highest BCUT2D eigenvalue weighted by Crippen LogP contribution is 2.43. The quantitative estimate of drug-likeness (QED) is 0.171. The van der Waals surface area contributed by atoms with E-state index in [1.165, 1.54) is 0 Å². The van der Waals surface area contributed by atoms with Crippen LogP contribution in [-0.2, 0) is 0 Å². The van der Waals surface area contributed by atoms with Crippen LogP contribution in [0.25, 0.3) is 67.3 Å². The molecule has 2 aromatic heterocycles. The van der Waals surface area contributed by atoms with E-state index in [0.29, 0.717) is 45.0 Å². The lowest BCUT2D eigenvalue weighted by molar-refractivity contribution is 1.27. The lowest BCUT2D eigenvalue weighted by Gasteiger charge is -2.18. The van der Waals surface area contributed by atoms with Crippen molar-refractivity contribution in [3.63, 3.8) is 0 Å². The summed E-state index contributed by atoms with van der Waals surface area (Å²) in [5.41, 5.74) is 12.0. The summed E-state index contributed by atoms with van der Waals surface area (Å²) in [5.74, 6) is 0. The van der Waals surface area contributed by atoms with Gasteiger partial charge in [-0.25, -0.2) is 9.97 Å². The highest BCUT2D eigenvalue weighted by Gasteiger charge is 2.26. The zero-order valence-corrected chi connectivity index (χ0v) is 30.2. The Morgan fingerprint density at radius 1 is 0.333 bits per heavy atom. The van der Waals surface area contributed by atoms with E-state index in [4.69, 9.17) is 9.97 Å². The molecule has 0 N–H and O–H groups in total. The molecule has 0 unspecified atom stereocenters. The lowest BCUT2D eigenvalue weighted by Crippen LogP contribution is -2.03. The van der Waals surface area contributed by atoms with Gasteiger partial charge in [0.05, 0.1) is 45.0 Å². The van der Waals surface area contributed by atoms with Crippen molar-refractivity contribution in [3.05, 3.63) is 166 Å². The second kappa shape index (κ2) is 14.5. The summed E-state index contributed by atoms with van der Waals surface area (Å²) in [6, 6.07) is 48.1. The molecule has 0 aliphatic heterocycles. The molecule has 7 rings (SSSR count). The minimum absolute atomic E-state index is 0.250. The van der Waals surface area contributed by atoms with Crippen molar-refractivity contribution in [2.24, 2.45) is 0 Å². The third-order valence-electron chi connectivity index (χ3n) is 9.58. The lowest BCUT2D eigenvalue weighted by atomic mass is 9.86. The molecular formula is C48H32N6. The van der Waals surface area contributed by atoms with Crippen LogP contribution in [0.3, 0.4) is 0 Å². The molecule has 0 amide bonds. The van der Waals surface area contributed by atoms with Gasteiger partial charge in [0.1, 0.15) is 24.3 Å². The molecule has 0 aliphatic rings. The minimum Gasteiger partial charge on any atom is -0.245 e. The van der Waals surface area contributed by atoms with E-state index in [1.54, 1.807) is 0 Å². The molecule has 0 aliphatic carbocycles. The molecule has 254 valence electrons.